The molecule has 64 nitrogen and oxygen atoms in total. The van der Waals surface area contributed by atoms with Gasteiger partial charge in [0.1, 0.15) is 93.7 Å². The van der Waals surface area contributed by atoms with Crippen molar-refractivity contribution in [1.82, 2.24) is 38.2 Å². The number of hydrogen-bond donors (Lipinski definition) is 28. The molecule has 4 aliphatic heterocycles. The van der Waals surface area contributed by atoms with Crippen LogP contribution in [0.4, 0.5) is 35.1 Å². The first-order chi connectivity index (χ1) is 57.6. The number of phosphoric acid groups is 12. The van der Waals surface area contributed by atoms with Crippen LogP contribution in [0.25, 0.3) is 0 Å². The summed E-state index contributed by atoms with van der Waals surface area (Å²) >= 11 is 17.8. The lowest BCUT2D eigenvalue weighted by Gasteiger charge is -2.24. The van der Waals surface area contributed by atoms with E-state index in [1.54, 1.807) is 15.0 Å². The Morgan fingerprint density at radius 3 is 0.815 bits per heavy atom. The largest absolute Gasteiger partial charge is 0.490 e. The number of aromatic amines is 4. The van der Waals surface area contributed by atoms with Crippen LogP contribution in [0.15, 0.2) is 44.0 Å². The highest BCUT2D eigenvalue weighted by Gasteiger charge is 2.62. The molecule has 0 aromatic carbocycles. The maximum atomic E-state index is 15.4. The van der Waals surface area contributed by atoms with E-state index in [1.165, 1.54) is 0 Å². The number of rotatable bonds is 32. The van der Waals surface area contributed by atoms with Crippen molar-refractivity contribution in [2.24, 2.45) is 0 Å². The highest BCUT2D eigenvalue weighted by atomic mass is 32.1. The number of ether oxygens (including phenoxy) is 4. The van der Waals surface area contributed by atoms with Crippen molar-refractivity contribution >= 4 is 143 Å². The van der Waals surface area contributed by atoms with E-state index in [0.717, 1.165) is 0 Å². The number of aliphatic hydroxyl groups excluding tert-OH is 8. The molecule has 8 rings (SSSR count). The predicted molar refractivity (Wildman–Crippen MR) is 367 cm³/mol. The van der Waals surface area contributed by atoms with E-state index in [-0.39, 0.29) is 30.7 Å². The SMILES string of the molecule is O=c1[nH]c(=S)c(F)cn1[C@@H]1O[C@](F)(COP(=O)(O)OP(=O)(O)OP(=O)(O)O)[C@@H](O)[C@H]1O.[2H]C([2H])(OP(=O)(O)OP(=O)(O)OP(=O)(O)O)[C@@]1(F)O[C@@H](n2cc(F)c(=S)[nH]c2=O)[C@H](O)[C@@H]1O.[2H]C([2H])(OP(=O)(O)OP(=O)(O)OP(=O)(O)O)[C@@]1(F)O[C@@]([2H])(n2cc(F)c(=S)[nH]c2=O)[C@H](O)[C@@H]1O.[2H][C@@]1(n2cc(F)c(=S)[nH]c2=O)O[C@](F)(COP(=O)(O)OP(=O)(O)OP(=O)(O)O)[C@@H](O)[C@H]1O. The van der Waals surface area contributed by atoms with Gasteiger partial charge in [-0.1, -0.05) is 48.9 Å². The van der Waals surface area contributed by atoms with Gasteiger partial charge in [-0.05, 0) is 0 Å². The minimum Gasteiger partial charge on any atom is -0.385 e. The average Bonchev–Trinajstić information content (AvgIpc) is 1.56. The van der Waals surface area contributed by atoms with Crippen LogP contribution in [0.3, 0.4) is 0 Å². The minimum atomic E-state index is -6.38. The monoisotopic (exact) mass is 2150 g/mol. The lowest BCUT2D eigenvalue weighted by Crippen LogP contribution is -2.43. The zero-order valence-corrected chi connectivity index (χ0v) is 71.1. The van der Waals surface area contributed by atoms with E-state index in [2.05, 4.69) is 120 Å². The highest BCUT2D eigenvalue weighted by molar-refractivity contribution is 7.72. The smallest absolute Gasteiger partial charge is 0.385 e. The molecule has 0 amide bonds. The number of phosphoric ester groups is 4. The Labute approximate surface area is 699 Å². The van der Waals surface area contributed by atoms with E-state index in [9.17, 15) is 161 Å². The lowest BCUT2D eigenvalue weighted by molar-refractivity contribution is -0.205. The zero-order valence-electron chi connectivity index (χ0n) is 63.1. The molecule has 0 spiro atoms. The van der Waals surface area contributed by atoms with Crippen molar-refractivity contribution in [3.8, 4) is 0 Å². The summed E-state index contributed by atoms with van der Waals surface area (Å²) in [7, 11) is -71.5. The van der Waals surface area contributed by atoms with Crippen LogP contribution in [0.5, 0.6) is 0 Å². The van der Waals surface area contributed by atoms with Gasteiger partial charge in [0.15, 0.2) is 48.1 Å². The fraction of sp³-hybridized carbons (Fsp3) is 0.556. The van der Waals surface area contributed by atoms with Crippen LogP contribution < -0.4 is 22.8 Å². The molecule has 4 fully saturated rings. The molecule has 28 N–H and O–H groups in total. The molecule has 8 unspecified atom stereocenters. The number of aliphatic hydroxyl groups is 8. The van der Waals surface area contributed by atoms with Gasteiger partial charge in [0.25, 0.3) is 23.4 Å². The van der Waals surface area contributed by atoms with Gasteiger partial charge < -0.3 is 138 Å². The molecule has 4 aliphatic rings. The predicted octanol–water partition coefficient (Wildman–Crippen LogP) is -2.78. The third-order valence-electron chi connectivity index (χ3n) is 12.9. The fourth-order valence-electron chi connectivity index (χ4n) is 8.24. The Balaban J connectivity index is 0.000000307. The van der Waals surface area contributed by atoms with Crippen molar-refractivity contribution in [3.63, 3.8) is 0 Å². The second kappa shape index (κ2) is 40.4. The molecule has 4 saturated heterocycles. The Morgan fingerprint density at radius 1 is 0.339 bits per heavy atom. The van der Waals surface area contributed by atoms with Crippen molar-refractivity contribution in [2.75, 3.05) is 26.3 Å². The number of H-pyrrole nitrogens is 4. The second-order valence-corrected chi connectivity index (χ2v) is 41.4. The zero-order chi connectivity index (χ0) is 101. The molecule has 8 heterocycles. The summed E-state index contributed by atoms with van der Waals surface area (Å²) in [6.07, 6.45) is -32.3. The molecule has 124 heavy (non-hydrogen) atoms. The Hall–Kier alpha value is -3.00. The van der Waals surface area contributed by atoms with Crippen LogP contribution in [-0.2, 0) is 126 Å². The second-order valence-electron chi connectivity index (χ2n) is 22.2. The van der Waals surface area contributed by atoms with Crippen LogP contribution in [0, 0.1) is 41.8 Å². The van der Waals surface area contributed by atoms with E-state index < -0.39 is 282 Å². The average molecular weight is 2150 g/mol. The van der Waals surface area contributed by atoms with Crippen molar-refractivity contribution < 1.29 is 289 Å². The molecule has 4 aromatic heterocycles. The van der Waals surface area contributed by atoms with E-state index in [4.69, 9.17) is 66.9 Å². The number of halogens is 8. The summed E-state index contributed by atoms with van der Waals surface area (Å²) in [5.41, 5.74) is -5.43. The molecular weight excluding hydrogens is 2090 g/mol. The van der Waals surface area contributed by atoms with Crippen LogP contribution in [-0.4, -0.2) is 256 Å². The fourth-order valence-corrected chi connectivity index (χ4v) is 20.6. The van der Waals surface area contributed by atoms with Gasteiger partial charge in [-0.15, -0.1) is 0 Å². The summed E-state index contributed by atoms with van der Waals surface area (Å²) in [6, 6.07) is 0. The Morgan fingerprint density at radius 2 is 0.540 bits per heavy atom. The minimum absolute atomic E-state index is 0.0435. The van der Waals surface area contributed by atoms with E-state index >= 15 is 8.78 Å². The summed E-state index contributed by atoms with van der Waals surface area (Å²) in [5, 5.41) is 79.6. The van der Waals surface area contributed by atoms with Crippen LogP contribution >= 0.6 is 143 Å². The Bertz CT molecular complexity index is 6140. The summed E-state index contributed by atoms with van der Waals surface area (Å²) in [5.74, 6) is -21.5. The highest BCUT2D eigenvalue weighted by Crippen LogP contribution is 2.70. The molecule has 0 radical (unpaired) electrons. The third kappa shape index (κ3) is 31.6. The number of hydrogen-bond acceptors (Lipinski definition) is 44. The molecular formula is C36H52F8N8O56P12S4. The number of aromatic nitrogens is 8. The molecule has 24 atom stereocenters. The van der Waals surface area contributed by atoms with E-state index in [1.807, 2.05) is 4.98 Å². The maximum Gasteiger partial charge on any atom is 0.490 e. The molecule has 4 aromatic rings. The molecule has 712 valence electrons. The van der Waals surface area contributed by atoms with Crippen LogP contribution in [0.2, 0.25) is 0 Å². The van der Waals surface area contributed by atoms with Gasteiger partial charge in [-0.3, -0.25) is 56.3 Å². The van der Waals surface area contributed by atoms with Gasteiger partial charge in [-0.2, -0.15) is 34.5 Å². The van der Waals surface area contributed by atoms with Gasteiger partial charge >= 0.3 is 117 Å². The standard InChI is InChI=1S/4C9H13F2N2O14P3S/c4*10-3-1-13(8(16)12-6(3)31)7-4(14)5(15)9(11,25-7)2-24-29(20,21)27-30(22,23)26-28(17,18)19/h4*1,4-5,7,14-15H,2H2,(H,20,21)(H,22,23)(H,12,16,31)(H2,17,18,19)/t4*4-,5+,7-,9-/m1111/s1/i2D2,7D;7D;2D2;. The summed E-state index contributed by atoms with van der Waals surface area (Å²) in [6.45, 7) is -12.6. The first-order valence-electron chi connectivity index (χ1n) is 31.9. The summed E-state index contributed by atoms with van der Waals surface area (Å²) in [4.78, 5) is 196. The van der Waals surface area contributed by atoms with Gasteiger partial charge in [0.2, 0.25) is 0 Å². The number of nitrogens with zero attached hydrogens (tertiary/aromatic N) is 4. The summed E-state index contributed by atoms with van der Waals surface area (Å²) < 4.78 is 353. The third-order valence-corrected chi connectivity index (χ3v) is 29.0. The van der Waals surface area contributed by atoms with Crippen molar-refractivity contribution in [1.29, 1.82) is 0 Å². The van der Waals surface area contributed by atoms with Gasteiger partial charge in [0.05, 0.1) is 33.0 Å². The van der Waals surface area contributed by atoms with Gasteiger partial charge in [0, 0.05) is 0 Å². The van der Waals surface area contributed by atoms with Gasteiger partial charge in [-0.25, -0.2) is 109 Å². The van der Waals surface area contributed by atoms with Crippen molar-refractivity contribution in [3.05, 3.63) is 109 Å². The maximum absolute atomic E-state index is 15.4. The van der Waals surface area contributed by atoms with E-state index in [0.29, 0.717) is 12.4 Å². The quantitative estimate of drug-likeness (QED) is 0.0134. The number of nitrogens with one attached hydrogen (secondary N) is 4. The topological polar surface area (TPSA) is 989 Å². The molecule has 0 aliphatic carbocycles. The Kier molecular flexibility index (Phi) is 33.1. The first kappa shape index (κ1) is 102. The van der Waals surface area contributed by atoms with Crippen LogP contribution in [0.1, 0.15) is 33.1 Å². The lowest BCUT2D eigenvalue weighted by atomic mass is 10.1. The number of alkyl halides is 4. The molecule has 88 heteroatoms. The molecule has 0 bridgehead atoms. The normalized spacial score (nSPS) is 32.8. The molecule has 0 saturated carbocycles. The van der Waals surface area contributed by atoms with Crippen molar-refractivity contribution in [2.45, 2.75) is 97.1 Å². The first-order valence-corrected chi connectivity index (χ1v) is 48.6.